The predicted octanol–water partition coefficient (Wildman–Crippen LogP) is 2.58. The number of carbonyl (C=O) groups is 1. The molecule has 0 aromatic heterocycles. The van der Waals surface area contributed by atoms with Gasteiger partial charge in [0.15, 0.2) is 0 Å². The van der Waals surface area contributed by atoms with Crippen molar-refractivity contribution in [2.45, 2.75) is 64.4 Å². The lowest BCUT2D eigenvalue weighted by Gasteiger charge is -2.27. The lowest BCUT2D eigenvalue weighted by molar-refractivity contribution is -0.132. The van der Waals surface area contributed by atoms with Crippen LogP contribution < -0.4 is 0 Å². The Morgan fingerprint density at radius 1 is 1.29 bits per heavy atom. The van der Waals surface area contributed by atoms with Crippen molar-refractivity contribution in [3.05, 3.63) is 0 Å². The summed E-state index contributed by atoms with van der Waals surface area (Å²) in [7, 11) is 1.78. The molecule has 0 aromatic carbocycles. The number of rotatable bonds is 5. The predicted molar refractivity (Wildman–Crippen MR) is 69.7 cm³/mol. The van der Waals surface area contributed by atoms with Crippen molar-refractivity contribution in [1.29, 1.82) is 0 Å². The van der Waals surface area contributed by atoms with Crippen LogP contribution in [0.1, 0.15) is 58.8 Å². The van der Waals surface area contributed by atoms with Crippen LogP contribution in [0.15, 0.2) is 0 Å². The Hall–Kier alpha value is -0.570. The Morgan fingerprint density at radius 3 is 2.41 bits per heavy atom. The highest BCUT2D eigenvalue weighted by molar-refractivity contribution is 5.75. The van der Waals surface area contributed by atoms with Gasteiger partial charge in [-0.15, -0.1) is 0 Å². The molecular weight excluding hydrogens is 214 g/mol. The lowest BCUT2D eigenvalue weighted by atomic mass is 9.86. The molecule has 0 aromatic rings. The van der Waals surface area contributed by atoms with Crippen LogP contribution in [0.4, 0.5) is 0 Å². The van der Waals surface area contributed by atoms with Crippen LogP contribution in [-0.4, -0.2) is 35.1 Å². The van der Waals surface area contributed by atoms with Gasteiger partial charge < -0.3 is 10.0 Å². The number of aliphatic hydroxyl groups is 1. The van der Waals surface area contributed by atoms with E-state index in [4.69, 9.17) is 0 Å². The van der Waals surface area contributed by atoms with Gasteiger partial charge in [0, 0.05) is 20.0 Å². The molecule has 3 heteroatoms. The van der Waals surface area contributed by atoms with E-state index in [-0.39, 0.29) is 5.91 Å². The minimum atomic E-state index is -0.796. The molecule has 0 aliphatic heterocycles. The van der Waals surface area contributed by atoms with Crippen LogP contribution >= 0.6 is 0 Å². The smallest absolute Gasteiger partial charge is 0.222 e. The van der Waals surface area contributed by atoms with E-state index in [2.05, 4.69) is 0 Å². The molecule has 3 nitrogen and oxygen atoms in total. The first-order valence-electron chi connectivity index (χ1n) is 6.85. The molecule has 1 aliphatic carbocycles. The summed E-state index contributed by atoms with van der Waals surface area (Å²) in [6, 6.07) is 0. The maximum atomic E-state index is 11.9. The van der Waals surface area contributed by atoms with Gasteiger partial charge in [-0.1, -0.05) is 32.1 Å². The molecule has 0 spiro atoms. The van der Waals surface area contributed by atoms with Crippen molar-refractivity contribution in [1.82, 2.24) is 4.90 Å². The molecule has 1 N–H and O–H groups in total. The summed E-state index contributed by atoms with van der Waals surface area (Å²) < 4.78 is 0. The summed E-state index contributed by atoms with van der Waals surface area (Å²) >= 11 is 0. The Balaban J connectivity index is 2.23. The SMILES string of the molecule is CN(CC(C)(C)O)C(=O)CCC1CCCCC1. The van der Waals surface area contributed by atoms with Crippen molar-refractivity contribution in [2.75, 3.05) is 13.6 Å². The van der Waals surface area contributed by atoms with Crippen molar-refractivity contribution in [2.24, 2.45) is 5.92 Å². The highest BCUT2D eigenvalue weighted by atomic mass is 16.3. The molecule has 0 saturated heterocycles. The molecule has 0 bridgehead atoms. The molecule has 1 aliphatic rings. The molecule has 1 rings (SSSR count). The van der Waals surface area contributed by atoms with E-state index in [0.717, 1.165) is 12.3 Å². The molecule has 1 saturated carbocycles. The van der Waals surface area contributed by atoms with Gasteiger partial charge >= 0.3 is 0 Å². The second-order valence-corrected chi connectivity index (χ2v) is 6.10. The fourth-order valence-electron chi connectivity index (χ4n) is 2.66. The fourth-order valence-corrected chi connectivity index (χ4v) is 2.66. The molecule has 1 fully saturated rings. The number of nitrogens with zero attached hydrogens (tertiary/aromatic N) is 1. The Kier molecular flexibility index (Phi) is 5.44. The standard InChI is InChI=1S/C14H27NO2/c1-14(2,17)11-15(3)13(16)10-9-12-7-5-4-6-8-12/h12,17H,4-11H2,1-3H3. The van der Waals surface area contributed by atoms with E-state index < -0.39 is 5.60 Å². The van der Waals surface area contributed by atoms with Gasteiger partial charge in [0.05, 0.1) is 5.60 Å². The first-order chi connectivity index (χ1) is 7.88. The van der Waals surface area contributed by atoms with E-state index in [9.17, 15) is 9.90 Å². The van der Waals surface area contributed by atoms with Gasteiger partial charge in [-0.2, -0.15) is 0 Å². The quantitative estimate of drug-likeness (QED) is 0.803. The molecule has 0 unspecified atom stereocenters. The monoisotopic (exact) mass is 241 g/mol. The third kappa shape index (κ3) is 6.06. The zero-order valence-corrected chi connectivity index (χ0v) is 11.5. The van der Waals surface area contributed by atoms with Gasteiger partial charge in [0.1, 0.15) is 0 Å². The second kappa shape index (κ2) is 6.39. The number of carbonyl (C=O) groups excluding carboxylic acids is 1. The fraction of sp³-hybridized carbons (Fsp3) is 0.929. The zero-order chi connectivity index (χ0) is 12.9. The normalized spacial score (nSPS) is 18.1. The average Bonchev–Trinajstić information content (AvgIpc) is 2.25. The summed E-state index contributed by atoms with van der Waals surface area (Å²) in [5.74, 6) is 0.918. The second-order valence-electron chi connectivity index (χ2n) is 6.10. The van der Waals surface area contributed by atoms with E-state index in [0.29, 0.717) is 13.0 Å². The Labute approximate surface area is 105 Å². The molecule has 0 atom stereocenters. The number of likely N-dealkylation sites (N-methyl/N-ethyl adjacent to an activating group) is 1. The van der Waals surface area contributed by atoms with E-state index in [1.807, 2.05) is 0 Å². The van der Waals surface area contributed by atoms with E-state index in [1.165, 1.54) is 32.1 Å². The first-order valence-corrected chi connectivity index (χ1v) is 6.85. The van der Waals surface area contributed by atoms with Gasteiger partial charge in [0.2, 0.25) is 5.91 Å². The average molecular weight is 241 g/mol. The van der Waals surface area contributed by atoms with E-state index in [1.54, 1.807) is 25.8 Å². The summed E-state index contributed by atoms with van der Waals surface area (Å²) in [4.78, 5) is 13.5. The molecule has 0 radical (unpaired) electrons. The van der Waals surface area contributed by atoms with Crippen molar-refractivity contribution < 1.29 is 9.90 Å². The van der Waals surface area contributed by atoms with Crippen molar-refractivity contribution >= 4 is 5.91 Å². The van der Waals surface area contributed by atoms with Crippen LogP contribution in [0.3, 0.4) is 0 Å². The molecule has 17 heavy (non-hydrogen) atoms. The third-order valence-electron chi connectivity index (χ3n) is 3.54. The largest absolute Gasteiger partial charge is 0.389 e. The highest BCUT2D eigenvalue weighted by Crippen LogP contribution is 2.27. The molecular formula is C14H27NO2. The van der Waals surface area contributed by atoms with Crippen LogP contribution in [0, 0.1) is 5.92 Å². The van der Waals surface area contributed by atoms with Crippen LogP contribution in [-0.2, 0) is 4.79 Å². The summed E-state index contributed by atoms with van der Waals surface area (Å²) in [5.41, 5.74) is -0.796. The summed E-state index contributed by atoms with van der Waals surface area (Å²) in [5, 5.41) is 9.66. The van der Waals surface area contributed by atoms with Crippen LogP contribution in [0.2, 0.25) is 0 Å². The van der Waals surface area contributed by atoms with E-state index >= 15 is 0 Å². The first kappa shape index (κ1) is 14.5. The van der Waals surface area contributed by atoms with Gasteiger partial charge in [-0.3, -0.25) is 4.79 Å². The number of amides is 1. The molecule has 0 heterocycles. The highest BCUT2D eigenvalue weighted by Gasteiger charge is 2.20. The topological polar surface area (TPSA) is 40.5 Å². The van der Waals surface area contributed by atoms with Gasteiger partial charge in [-0.05, 0) is 26.2 Å². The minimum absolute atomic E-state index is 0.165. The maximum absolute atomic E-state index is 11.9. The van der Waals surface area contributed by atoms with Crippen LogP contribution in [0.25, 0.3) is 0 Å². The summed E-state index contributed by atoms with van der Waals surface area (Å²) in [6.45, 7) is 3.88. The van der Waals surface area contributed by atoms with Crippen molar-refractivity contribution in [3.8, 4) is 0 Å². The minimum Gasteiger partial charge on any atom is -0.389 e. The third-order valence-corrected chi connectivity index (χ3v) is 3.54. The molecule has 1 amide bonds. The maximum Gasteiger partial charge on any atom is 0.222 e. The number of hydrogen-bond acceptors (Lipinski definition) is 2. The molecule has 100 valence electrons. The Morgan fingerprint density at radius 2 is 1.88 bits per heavy atom. The lowest BCUT2D eigenvalue weighted by Crippen LogP contribution is -2.39. The zero-order valence-electron chi connectivity index (χ0n) is 11.5. The summed E-state index contributed by atoms with van der Waals surface area (Å²) in [6.07, 6.45) is 8.27. The Bertz CT molecular complexity index is 239. The van der Waals surface area contributed by atoms with Crippen molar-refractivity contribution in [3.63, 3.8) is 0 Å². The van der Waals surface area contributed by atoms with Crippen LogP contribution in [0.5, 0.6) is 0 Å². The number of hydrogen-bond donors (Lipinski definition) is 1. The van der Waals surface area contributed by atoms with Gasteiger partial charge in [0.25, 0.3) is 0 Å². The van der Waals surface area contributed by atoms with Gasteiger partial charge in [-0.25, -0.2) is 0 Å².